The molecule has 21 heavy (non-hydrogen) atoms. The maximum atomic E-state index is 14.1. The van der Waals surface area contributed by atoms with Crippen LogP contribution in [0.15, 0.2) is 21.5 Å². The van der Waals surface area contributed by atoms with Gasteiger partial charge in [-0.05, 0) is 12.1 Å². The number of nitrogens with zero attached hydrogens (tertiary/aromatic N) is 1. The quantitative estimate of drug-likeness (QED) is 0.783. The first-order valence-corrected chi connectivity index (χ1v) is 8.01. The van der Waals surface area contributed by atoms with Crippen LogP contribution in [0.5, 0.6) is 0 Å². The first-order chi connectivity index (χ1) is 9.52. The van der Waals surface area contributed by atoms with E-state index >= 15 is 0 Å². The summed E-state index contributed by atoms with van der Waals surface area (Å²) in [7, 11) is -4.62. The second-order valence-corrected chi connectivity index (χ2v) is 6.95. The highest BCUT2D eigenvalue weighted by molar-refractivity contribution is 9.10. The fourth-order valence-electron chi connectivity index (χ4n) is 1.66. The Bertz CT molecular complexity index is 619. The molecule has 0 aliphatic carbocycles. The van der Waals surface area contributed by atoms with E-state index < -0.39 is 40.0 Å². The highest BCUT2D eigenvalue weighted by Crippen LogP contribution is 2.28. The Morgan fingerprint density at radius 1 is 1.33 bits per heavy atom. The molecule has 0 spiro atoms. The molecule has 0 heterocycles. The van der Waals surface area contributed by atoms with Crippen molar-refractivity contribution in [3.63, 3.8) is 0 Å². The fourth-order valence-corrected chi connectivity index (χ4v) is 3.89. The molecule has 0 aromatic heterocycles. The number of rotatable bonds is 5. The summed E-state index contributed by atoms with van der Waals surface area (Å²) in [4.78, 5) is -0.830. The normalized spacial score (nSPS) is 13.0. The predicted molar refractivity (Wildman–Crippen MR) is 72.5 cm³/mol. The Morgan fingerprint density at radius 3 is 2.33 bits per heavy atom. The standard InChI is InChI=1S/C11H13BrF4N2O2S/c1-2-18(6-11(14,15)16)21(19,20)9-4-8(12)3-7(5-17)10(9)13/h3-4H,2,5-6,17H2,1H3. The largest absolute Gasteiger partial charge is 0.402 e. The van der Waals surface area contributed by atoms with Crippen LogP contribution < -0.4 is 5.73 Å². The summed E-state index contributed by atoms with van der Waals surface area (Å²) in [5.74, 6) is -1.14. The average molecular weight is 393 g/mol. The van der Waals surface area contributed by atoms with Crippen molar-refractivity contribution >= 4 is 26.0 Å². The minimum Gasteiger partial charge on any atom is -0.326 e. The van der Waals surface area contributed by atoms with Crippen LogP contribution in [0.3, 0.4) is 0 Å². The van der Waals surface area contributed by atoms with Crippen molar-refractivity contribution in [2.75, 3.05) is 13.1 Å². The number of alkyl halides is 3. The number of nitrogens with two attached hydrogens (primary N) is 1. The van der Waals surface area contributed by atoms with Gasteiger partial charge in [0.2, 0.25) is 10.0 Å². The maximum absolute atomic E-state index is 14.1. The van der Waals surface area contributed by atoms with E-state index in [1.165, 1.54) is 13.0 Å². The minimum absolute atomic E-state index is 0.106. The molecule has 0 aliphatic rings. The Labute approximate surface area is 128 Å². The first-order valence-electron chi connectivity index (χ1n) is 5.77. The first kappa shape index (κ1) is 18.3. The molecule has 0 saturated carbocycles. The lowest BCUT2D eigenvalue weighted by molar-refractivity contribution is -0.135. The summed E-state index contributed by atoms with van der Waals surface area (Å²) in [5.41, 5.74) is 5.19. The second kappa shape index (κ2) is 6.59. The third-order valence-corrected chi connectivity index (χ3v) is 5.00. The second-order valence-electron chi connectivity index (χ2n) is 4.13. The summed E-state index contributed by atoms with van der Waals surface area (Å²) in [5, 5.41) is 0. The van der Waals surface area contributed by atoms with Gasteiger partial charge in [-0.2, -0.15) is 17.5 Å². The SMILES string of the molecule is CCN(CC(F)(F)F)S(=O)(=O)c1cc(Br)cc(CN)c1F. The van der Waals surface area contributed by atoms with Gasteiger partial charge in [0.1, 0.15) is 17.3 Å². The van der Waals surface area contributed by atoms with Crippen LogP contribution >= 0.6 is 15.9 Å². The van der Waals surface area contributed by atoms with Gasteiger partial charge in [-0.1, -0.05) is 22.9 Å². The number of sulfonamides is 1. The van der Waals surface area contributed by atoms with Crippen LogP contribution in [-0.2, 0) is 16.6 Å². The Hall–Kier alpha value is -0.710. The van der Waals surface area contributed by atoms with Gasteiger partial charge in [0, 0.05) is 23.1 Å². The molecule has 0 bridgehead atoms. The summed E-state index contributed by atoms with van der Waals surface area (Å²) >= 11 is 2.99. The van der Waals surface area contributed by atoms with Gasteiger partial charge in [-0.15, -0.1) is 0 Å². The minimum atomic E-state index is -4.72. The highest BCUT2D eigenvalue weighted by Gasteiger charge is 2.37. The van der Waals surface area contributed by atoms with Crippen molar-refractivity contribution in [1.82, 2.24) is 4.31 Å². The number of hydrogen-bond donors (Lipinski definition) is 1. The molecule has 0 saturated heterocycles. The van der Waals surface area contributed by atoms with Crippen molar-refractivity contribution in [3.05, 3.63) is 28.0 Å². The smallest absolute Gasteiger partial charge is 0.326 e. The van der Waals surface area contributed by atoms with Gasteiger partial charge in [-0.3, -0.25) is 0 Å². The Balaban J connectivity index is 3.39. The predicted octanol–water partition coefficient (Wildman–Crippen LogP) is 2.62. The van der Waals surface area contributed by atoms with Crippen LogP contribution in [0.25, 0.3) is 0 Å². The van der Waals surface area contributed by atoms with Crippen LogP contribution in [0.2, 0.25) is 0 Å². The van der Waals surface area contributed by atoms with Gasteiger partial charge in [0.25, 0.3) is 0 Å². The van der Waals surface area contributed by atoms with Crippen molar-refractivity contribution in [2.24, 2.45) is 5.73 Å². The van der Waals surface area contributed by atoms with Crippen molar-refractivity contribution in [2.45, 2.75) is 24.5 Å². The molecule has 10 heteroatoms. The molecule has 1 aromatic carbocycles. The molecule has 4 nitrogen and oxygen atoms in total. The number of halogens is 5. The maximum Gasteiger partial charge on any atom is 0.402 e. The van der Waals surface area contributed by atoms with Crippen LogP contribution in [0.1, 0.15) is 12.5 Å². The molecule has 120 valence electrons. The Morgan fingerprint density at radius 2 is 1.90 bits per heavy atom. The Kier molecular flexibility index (Phi) is 5.76. The zero-order valence-corrected chi connectivity index (χ0v) is 13.3. The monoisotopic (exact) mass is 392 g/mol. The summed E-state index contributed by atoms with van der Waals surface area (Å²) in [6, 6.07) is 2.19. The highest BCUT2D eigenvalue weighted by atomic mass is 79.9. The van der Waals surface area contributed by atoms with Gasteiger partial charge >= 0.3 is 6.18 Å². The van der Waals surface area contributed by atoms with E-state index in [0.29, 0.717) is 0 Å². The van der Waals surface area contributed by atoms with Gasteiger partial charge in [0.05, 0.1) is 0 Å². The summed E-state index contributed by atoms with van der Waals surface area (Å²) in [6.45, 7) is -1.16. The third-order valence-electron chi connectivity index (χ3n) is 2.63. The summed E-state index contributed by atoms with van der Waals surface area (Å²) in [6.07, 6.45) is -4.72. The van der Waals surface area contributed by atoms with Crippen molar-refractivity contribution in [1.29, 1.82) is 0 Å². The molecule has 0 fully saturated rings. The van der Waals surface area contributed by atoms with E-state index in [1.54, 1.807) is 0 Å². The topological polar surface area (TPSA) is 63.4 Å². The molecule has 0 atom stereocenters. The van der Waals surface area contributed by atoms with Crippen LogP contribution in [0, 0.1) is 5.82 Å². The lowest BCUT2D eigenvalue weighted by Crippen LogP contribution is -2.39. The summed E-state index contributed by atoms with van der Waals surface area (Å²) < 4.78 is 76.2. The molecule has 0 radical (unpaired) electrons. The van der Waals surface area contributed by atoms with Gasteiger partial charge in [0.15, 0.2) is 0 Å². The molecule has 0 aliphatic heterocycles. The zero-order valence-electron chi connectivity index (χ0n) is 10.9. The third kappa shape index (κ3) is 4.38. The van der Waals surface area contributed by atoms with E-state index in [0.717, 1.165) is 6.07 Å². The molecule has 0 amide bonds. The molecular formula is C11H13BrF4N2O2S. The van der Waals surface area contributed by atoms with Crippen LogP contribution in [0.4, 0.5) is 17.6 Å². The molecule has 0 unspecified atom stereocenters. The molecule has 2 N–H and O–H groups in total. The van der Waals surface area contributed by atoms with Crippen molar-refractivity contribution in [3.8, 4) is 0 Å². The average Bonchev–Trinajstić information content (AvgIpc) is 2.36. The van der Waals surface area contributed by atoms with Gasteiger partial charge in [-0.25, -0.2) is 12.8 Å². The van der Waals surface area contributed by atoms with Gasteiger partial charge < -0.3 is 5.73 Å². The zero-order chi connectivity index (χ0) is 16.4. The van der Waals surface area contributed by atoms with E-state index in [4.69, 9.17) is 5.73 Å². The van der Waals surface area contributed by atoms with E-state index in [1.807, 2.05) is 0 Å². The van der Waals surface area contributed by atoms with Crippen molar-refractivity contribution < 1.29 is 26.0 Å². The molecule has 1 rings (SSSR count). The number of benzene rings is 1. The molecular weight excluding hydrogens is 380 g/mol. The van der Waals surface area contributed by atoms with E-state index in [2.05, 4.69) is 15.9 Å². The number of hydrogen-bond acceptors (Lipinski definition) is 3. The van der Waals surface area contributed by atoms with E-state index in [-0.39, 0.29) is 20.9 Å². The fraction of sp³-hybridized carbons (Fsp3) is 0.455. The molecule has 1 aromatic rings. The lowest BCUT2D eigenvalue weighted by atomic mass is 10.2. The van der Waals surface area contributed by atoms with E-state index in [9.17, 15) is 26.0 Å². The van der Waals surface area contributed by atoms with Crippen LogP contribution in [-0.4, -0.2) is 32.0 Å². The lowest BCUT2D eigenvalue weighted by Gasteiger charge is -2.22.